The zero-order chi connectivity index (χ0) is 16.7. The fourth-order valence-corrected chi connectivity index (χ4v) is 1.64. The van der Waals surface area contributed by atoms with Crippen molar-refractivity contribution in [2.24, 2.45) is 5.92 Å². The van der Waals surface area contributed by atoms with Crippen molar-refractivity contribution in [1.82, 2.24) is 5.32 Å². The van der Waals surface area contributed by atoms with Crippen LogP contribution >= 0.6 is 0 Å². The molecule has 6 heteroatoms. The number of para-hydroxylation sites is 1. The van der Waals surface area contributed by atoms with Crippen LogP contribution in [0, 0.1) is 5.92 Å². The molecule has 1 atom stereocenters. The van der Waals surface area contributed by atoms with E-state index in [-0.39, 0.29) is 23.4 Å². The fourth-order valence-electron chi connectivity index (χ4n) is 1.64. The Morgan fingerprint density at radius 2 is 1.95 bits per heavy atom. The van der Waals surface area contributed by atoms with Gasteiger partial charge in [-0.1, -0.05) is 26.0 Å². The van der Waals surface area contributed by atoms with Gasteiger partial charge in [0.25, 0.3) is 0 Å². The summed E-state index contributed by atoms with van der Waals surface area (Å²) in [5.74, 6) is 0.0817. The molecule has 122 valence electrons. The highest BCUT2D eigenvalue weighted by Gasteiger charge is 2.14. The van der Waals surface area contributed by atoms with Gasteiger partial charge in [0.2, 0.25) is 5.91 Å². The SMILES string of the molecule is COc1cccc(/C=C/C(=O)NC(C)C(C)C)c1OC(F)F. The van der Waals surface area contributed by atoms with Gasteiger partial charge in [0.05, 0.1) is 7.11 Å². The molecule has 0 spiro atoms. The Bertz CT molecular complexity index is 530. The number of carbonyl (C=O) groups is 1. The minimum atomic E-state index is -2.97. The summed E-state index contributed by atoms with van der Waals surface area (Å²) in [5.41, 5.74) is 0.340. The van der Waals surface area contributed by atoms with Gasteiger partial charge in [-0.25, -0.2) is 0 Å². The van der Waals surface area contributed by atoms with Gasteiger partial charge in [0, 0.05) is 17.7 Å². The molecular formula is C16H21F2NO3. The van der Waals surface area contributed by atoms with Gasteiger partial charge in [-0.15, -0.1) is 0 Å². The second-order valence-electron chi connectivity index (χ2n) is 5.13. The average Bonchev–Trinajstić information content (AvgIpc) is 2.45. The Labute approximate surface area is 129 Å². The highest BCUT2D eigenvalue weighted by atomic mass is 19.3. The molecule has 0 aliphatic rings. The average molecular weight is 313 g/mol. The number of halogens is 2. The van der Waals surface area contributed by atoms with Gasteiger partial charge in [0.15, 0.2) is 11.5 Å². The van der Waals surface area contributed by atoms with E-state index >= 15 is 0 Å². The lowest BCUT2D eigenvalue weighted by molar-refractivity contribution is -0.117. The molecule has 22 heavy (non-hydrogen) atoms. The molecule has 1 N–H and O–H groups in total. The molecule has 0 fully saturated rings. The quantitative estimate of drug-likeness (QED) is 0.784. The van der Waals surface area contributed by atoms with E-state index in [9.17, 15) is 13.6 Å². The third-order valence-electron chi connectivity index (χ3n) is 3.22. The van der Waals surface area contributed by atoms with Gasteiger partial charge < -0.3 is 14.8 Å². The molecule has 1 unspecified atom stereocenters. The van der Waals surface area contributed by atoms with Crippen molar-refractivity contribution in [3.8, 4) is 11.5 Å². The van der Waals surface area contributed by atoms with Gasteiger partial charge >= 0.3 is 6.61 Å². The van der Waals surface area contributed by atoms with Crippen LogP contribution in [-0.2, 0) is 4.79 Å². The van der Waals surface area contributed by atoms with Gasteiger partial charge in [-0.2, -0.15) is 8.78 Å². The van der Waals surface area contributed by atoms with Crippen molar-refractivity contribution in [1.29, 1.82) is 0 Å². The van der Waals surface area contributed by atoms with E-state index in [1.54, 1.807) is 12.1 Å². The maximum Gasteiger partial charge on any atom is 0.387 e. The number of hydrogen-bond donors (Lipinski definition) is 1. The molecule has 0 heterocycles. The summed E-state index contributed by atoms with van der Waals surface area (Å²) in [6.07, 6.45) is 2.70. The number of methoxy groups -OCH3 is 1. The Morgan fingerprint density at radius 3 is 2.50 bits per heavy atom. The first-order valence-electron chi connectivity index (χ1n) is 6.95. The lowest BCUT2D eigenvalue weighted by Crippen LogP contribution is -2.34. The van der Waals surface area contributed by atoms with Crippen LogP contribution in [0.15, 0.2) is 24.3 Å². The third-order valence-corrected chi connectivity index (χ3v) is 3.22. The fraction of sp³-hybridized carbons (Fsp3) is 0.438. The van der Waals surface area contributed by atoms with E-state index in [2.05, 4.69) is 10.1 Å². The van der Waals surface area contributed by atoms with E-state index in [1.165, 1.54) is 25.3 Å². The maximum absolute atomic E-state index is 12.5. The van der Waals surface area contributed by atoms with Gasteiger partial charge in [-0.3, -0.25) is 4.79 Å². The first kappa shape index (κ1) is 17.9. The lowest BCUT2D eigenvalue weighted by Gasteiger charge is -2.16. The number of hydrogen-bond acceptors (Lipinski definition) is 3. The maximum atomic E-state index is 12.5. The zero-order valence-corrected chi connectivity index (χ0v) is 13.1. The second-order valence-corrected chi connectivity index (χ2v) is 5.13. The van der Waals surface area contributed by atoms with Crippen molar-refractivity contribution in [2.45, 2.75) is 33.4 Å². The normalized spacial score (nSPS) is 12.7. The van der Waals surface area contributed by atoms with Crippen molar-refractivity contribution >= 4 is 12.0 Å². The Hall–Kier alpha value is -2.11. The van der Waals surface area contributed by atoms with E-state index in [4.69, 9.17) is 4.74 Å². The molecule has 0 bridgehead atoms. The van der Waals surface area contributed by atoms with Crippen LogP contribution in [0.2, 0.25) is 0 Å². The zero-order valence-electron chi connectivity index (χ0n) is 13.1. The molecule has 0 radical (unpaired) electrons. The predicted molar refractivity (Wildman–Crippen MR) is 81.1 cm³/mol. The minimum absolute atomic E-state index is 0.0132. The molecule has 4 nitrogen and oxygen atoms in total. The predicted octanol–water partition coefficient (Wildman–Crippen LogP) is 3.47. The summed E-state index contributed by atoms with van der Waals surface area (Å²) >= 11 is 0. The highest BCUT2D eigenvalue weighted by molar-refractivity contribution is 5.92. The molecule has 0 saturated heterocycles. The molecule has 1 amide bonds. The molecule has 0 aromatic heterocycles. The smallest absolute Gasteiger partial charge is 0.387 e. The molecule has 0 saturated carbocycles. The van der Waals surface area contributed by atoms with Crippen molar-refractivity contribution in [2.75, 3.05) is 7.11 Å². The number of alkyl halides is 2. The van der Waals surface area contributed by atoms with Gasteiger partial charge in [0.1, 0.15) is 0 Å². The van der Waals surface area contributed by atoms with Crippen molar-refractivity contribution in [3.63, 3.8) is 0 Å². The first-order chi connectivity index (χ1) is 10.3. The van der Waals surface area contributed by atoms with E-state index in [0.29, 0.717) is 11.5 Å². The van der Waals surface area contributed by atoms with Crippen molar-refractivity contribution in [3.05, 3.63) is 29.8 Å². The van der Waals surface area contributed by atoms with Crippen LogP contribution in [0.25, 0.3) is 6.08 Å². The Morgan fingerprint density at radius 1 is 1.27 bits per heavy atom. The van der Waals surface area contributed by atoms with Gasteiger partial charge in [-0.05, 0) is 25.0 Å². The minimum Gasteiger partial charge on any atom is -0.493 e. The number of benzene rings is 1. The van der Waals surface area contributed by atoms with E-state index in [0.717, 1.165) is 0 Å². The van der Waals surface area contributed by atoms with Crippen LogP contribution in [-0.4, -0.2) is 25.7 Å². The van der Waals surface area contributed by atoms with Crippen LogP contribution < -0.4 is 14.8 Å². The number of amides is 1. The van der Waals surface area contributed by atoms with E-state index in [1.807, 2.05) is 20.8 Å². The van der Waals surface area contributed by atoms with Crippen LogP contribution in [0.5, 0.6) is 11.5 Å². The Kier molecular flexibility index (Phi) is 6.82. The third kappa shape index (κ3) is 5.35. The second kappa shape index (κ2) is 8.36. The summed E-state index contributed by atoms with van der Waals surface area (Å²) in [4.78, 5) is 11.8. The number of nitrogens with one attached hydrogen (secondary N) is 1. The molecular weight excluding hydrogens is 292 g/mol. The van der Waals surface area contributed by atoms with Crippen LogP contribution in [0.3, 0.4) is 0 Å². The molecule has 1 aromatic rings. The summed E-state index contributed by atoms with van der Waals surface area (Å²) < 4.78 is 34.5. The summed E-state index contributed by atoms with van der Waals surface area (Å²) in [7, 11) is 1.36. The summed E-state index contributed by atoms with van der Waals surface area (Å²) in [5, 5.41) is 2.79. The summed E-state index contributed by atoms with van der Waals surface area (Å²) in [6.45, 7) is 2.91. The lowest BCUT2D eigenvalue weighted by atomic mass is 10.1. The number of ether oxygens (including phenoxy) is 2. The number of rotatable bonds is 7. The van der Waals surface area contributed by atoms with E-state index < -0.39 is 6.61 Å². The van der Waals surface area contributed by atoms with Crippen LogP contribution in [0.4, 0.5) is 8.78 Å². The molecule has 1 rings (SSSR count). The first-order valence-corrected chi connectivity index (χ1v) is 6.95. The topological polar surface area (TPSA) is 47.6 Å². The molecule has 0 aliphatic heterocycles. The molecule has 0 aliphatic carbocycles. The van der Waals surface area contributed by atoms with Crippen molar-refractivity contribution < 1.29 is 23.0 Å². The standard InChI is InChI=1S/C16H21F2NO3/c1-10(2)11(3)19-14(20)9-8-12-6-5-7-13(21-4)15(12)22-16(17)18/h5-11,16H,1-4H3,(H,19,20)/b9-8+. The number of carbonyl (C=O) groups excluding carboxylic acids is 1. The largest absolute Gasteiger partial charge is 0.493 e. The van der Waals surface area contributed by atoms with Crippen LogP contribution in [0.1, 0.15) is 26.3 Å². The summed E-state index contributed by atoms with van der Waals surface area (Å²) in [6, 6.07) is 4.72. The monoisotopic (exact) mass is 313 g/mol. The Balaban J connectivity index is 2.92. The molecule has 1 aromatic carbocycles. The highest BCUT2D eigenvalue weighted by Crippen LogP contribution is 2.33.